The molecule has 1 heterocycles. The molecule has 0 saturated carbocycles. The monoisotopic (exact) mass is 296 g/mol. The first-order chi connectivity index (χ1) is 9.56. The summed E-state index contributed by atoms with van der Waals surface area (Å²) in [7, 11) is 0. The van der Waals surface area contributed by atoms with E-state index >= 15 is 0 Å². The molecule has 6 heteroatoms. The van der Waals surface area contributed by atoms with Crippen molar-refractivity contribution in [2.24, 2.45) is 0 Å². The Kier molecular flexibility index (Phi) is 5.11. The molecule has 0 spiro atoms. The molecule has 1 aliphatic rings. The van der Waals surface area contributed by atoms with Crippen LogP contribution in [-0.4, -0.2) is 28.6 Å². The molecular formula is C14H20N2O3S. The number of anilines is 1. The molecule has 2 rings (SSSR count). The molecule has 1 aliphatic heterocycles. The third-order valence-electron chi connectivity index (χ3n) is 3.11. The van der Waals surface area contributed by atoms with E-state index in [-0.39, 0.29) is 11.8 Å². The molecule has 1 fully saturated rings. The number of ether oxygens (including phenoxy) is 1. The normalized spacial score (nSPS) is 16.1. The molecule has 0 amide bonds. The zero-order chi connectivity index (χ0) is 14.5. The predicted molar refractivity (Wildman–Crippen MR) is 82.8 cm³/mol. The predicted octanol–water partition coefficient (Wildman–Crippen LogP) is 3.69. The first-order valence-corrected chi connectivity index (χ1v) is 8.01. The summed E-state index contributed by atoms with van der Waals surface area (Å²) in [4.78, 5) is 10.6. The van der Waals surface area contributed by atoms with E-state index in [0.29, 0.717) is 11.8 Å². The highest BCUT2D eigenvalue weighted by Crippen LogP contribution is 2.32. The van der Waals surface area contributed by atoms with E-state index in [1.165, 1.54) is 17.6 Å². The molecule has 0 aromatic heterocycles. The summed E-state index contributed by atoms with van der Waals surface area (Å²) in [6, 6.07) is 5.45. The lowest BCUT2D eigenvalue weighted by Crippen LogP contribution is -2.24. The van der Waals surface area contributed by atoms with E-state index in [0.717, 1.165) is 18.5 Å². The highest BCUT2D eigenvalue weighted by atomic mass is 32.2. The van der Waals surface area contributed by atoms with Crippen molar-refractivity contribution < 1.29 is 9.66 Å². The zero-order valence-corrected chi connectivity index (χ0v) is 12.6. The fourth-order valence-corrected chi connectivity index (χ4v) is 3.29. The van der Waals surface area contributed by atoms with Crippen LogP contribution in [0.1, 0.15) is 26.7 Å². The number of thioether (sulfide) groups is 1. The number of nitrogens with zero attached hydrogens (tertiary/aromatic N) is 1. The number of hydrogen-bond acceptors (Lipinski definition) is 5. The van der Waals surface area contributed by atoms with Gasteiger partial charge in [-0.2, -0.15) is 11.8 Å². The number of nitro groups is 1. The topological polar surface area (TPSA) is 64.4 Å². The Balaban J connectivity index is 2.15. The first-order valence-electron chi connectivity index (χ1n) is 6.85. The lowest BCUT2D eigenvalue weighted by molar-refractivity contribution is -0.386. The van der Waals surface area contributed by atoms with Gasteiger partial charge in [-0.15, -0.1) is 0 Å². The molecule has 1 aromatic carbocycles. The van der Waals surface area contributed by atoms with Crippen molar-refractivity contribution >= 4 is 23.1 Å². The number of nitro benzene ring substituents is 1. The minimum Gasteiger partial charge on any atom is -0.484 e. The van der Waals surface area contributed by atoms with Crippen LogP contribution in [0, 0.1) is 10.1 Å². The molecule has 0 atom stereocenters. The van der Waals surface area contributed by atoms with Gasteiger partial charge in [-0.1, -0.05) is 0 Å². The summed E-state index contributed by atoms with van der Waals surface area (Å²) < 4.78 is 5.55. The number of hydrogen-bond donors (Lipinski definition) is 1. The SMILES string of the molecule is CC(C)Oc1cc(NC2CCSCC2)ccc1[N+](=O)[O-]. The van der Waals surface area contributed by atoms with Crippen LogP contribution in [0.15, 0.2) is 18.2 Å². The van der Waals surface area contributed by atoms with Crippen LogP contribution >= 0.6 is 11.8 Å². The molecular weight excluding hydrogens is 276 g/mol. The van der Waals surface area contributed by atoms with Gasteiger partial charge >= 0.3 is 5.69 Å². The van der Waals surface area contributed by atoms with Crippen molar-refractivity contribution in [2.45, 2.75) is 38.8 Å². The second kappa shape index (κ2) is 6.83. The van der Waals surface area contributed by atoms with Crippen LogP contribution in [0.25, 0.3) is 0 Å². The minimum atomic E-state index is -0.404. The second-order valence-electron chi connectivity index (χ2n) is 5.14. The van der Waals surface area contributed by atoms with E-state index < -0.39 is 4.92 Å². The van der Waals surface area contributed by atoms with Crippen molar-refractivity contribution in [3.63, 3.8) is 0 Å². The molecule has 0 aliphatic carbocycles. The highest BCUT2D eigenvalue weighted by molar-refractivity contribution is 7.99. The Morgan fingerprint density at radius 1 is 1.40 bits per heavy atom. The molecule has 0 bridgehead atoms. The fourth-order valence-electron chi connectivity index (χ4n) is 2.18. The quantitative estimate of drug-likeness (QED) is 0.663. The van der Waals surface area contributed by atoms with E-state index in [2.05, 4.69) is 5.32 Å². The van der Waals surface area contributed by atoms with Gasteiger partial charge < -0.3 is 10.1 Å². The van der Waals surface area contributed by atoms with Gasteiger partial charge in [0.15, 0.2) is 5.75 Å². The molecule has 1 aromatic rings. The third-order valence-corrected chi connectivity index (χ3v) is 4.16. The molecule has 0 unspecified atom stereocenters. The van der Waals surface area contributed by atoms with Crippen molar-refractivity contribution in [1.82, 2.24) is 0 Å². The van der Waals surface area contributed by atoms with Crippen LogP contribution in [0.5, 0.6) is 5.75 Å². The Labute approximate surface area is 123 Å². The molecule has 20 heavy (non-hydrogen) atoms. The first kappa shape index (κ1) is 15.0. The largest absolute Gasteiger partial charge is 0.484 e. The van der Waals surface area contributed by atoms with Crippen LogP contribution in [0.2, 0.25) is 0 Å². The Morgan fingerprint density at radius 3 is 2.70 bits per heavy atom. The zero-order valence-electron chi connectivity index (χ0n) is 11.8. The van der Waals surface area contributed by atoms with Crippen LogP contribution in [0.3, 0.4) is 0 Å². The number of nitrogens with one attached hydrogen (secondary N) is 1. The summed E-state index contributed by atoms with van der Waals surface area (Å²) >= 11 is 1.97. The lowest BCUT2D eigenvalue weighted by Gasteiger charge is -2.24. The molecule has 110 valence electrons. The minimum absolute atomic E-state index is 0.0171. The van der Waals surface area contributed by atoms with Crippen molar-refractivity contribution in [1.29, 1.82) is 0 Å². The second-order valence-corrected chi connectivity index (χ2v) is 6.36. The summed E-state index contributed by atoms with van der Waals surface area (Å²) in [5, 5.41) is 14.5. The van der Waals surface area contributed by atoms with Crippen molar-refractivity contribution in [2.75, 3.05) is 16.8 Å². The highest BCUT2D eigenvalue weighted by Gasteiger charge is 2.19. The Bertz CT molecular complexity index is 473. The average molecular weight is 296 g/mol. The Hall–Kier alpha value is -1.43. The summed E-state index contributed by atoms with van der Waals surface area (Å²) in [6.07, 6.45) is 2.17. The summed E-state index contributed by atoms with van der Waals surface area (Å²) in [5.74, 6) is 2.67. The molecule has 1 saturated heterocycles. The maximum atomic E-state index is 11.0. The molecule has 5 nitrogen and oxygen atoms in total. The third kappa shape index (κ3) is 4.03. The van der Waals surface area contributed by atoms with Gasteiger partial charge in [-0.25, -0.2) is 0 Å². The maximum Gasteiger partial charge on any atom is 0.311 e. The van der Waals surface area contributed by atoms with Gasteiger partial charge in [0.25, 0.3) is 0 Å². The van der Waals surface area contributed by atoms with Gasteiger partial charge in [0, 0.05) is 23.9 Å². The lowest BCUT2D eigenvalue weighted by atomic mass is 10.1. The standard InChI is InChI=1S/C14H20N2O3S/c1-10(2)19-14-9-12(3-4-13(14)16(17)18)15-11-5-7-20-8-6-11/h3-4,9-11,15H,5-8H2,1-2H3. The van der Waals surface area contributed by atoms with E-state index in [1.807, 2.05) is 25.6 Å². The number of benzene rings is 1. The maximum absolute atomic E-state index is 11.0. The van der Waals surface area contributed by atoms with Crippen LogP contribution in [0.4, 0.5) is 11.4 Å². The van der Waals surface area contributed by atoms with E-state index in [1.54, 1.807) is 12.1 Å². The summed E-state index contributed by atoms with van der Waals surface area (Å²) in [6.45, 7) is 3.73. The average Bonchev–Trinajstić information content (AvgIpc) is 2.39. The fraction of sp³-hybridized carbons (Fsp3) is 0.571. The Morgan fingerprint density at radius 2 is 2.10 bits per heavy atom. The molecule has 1 N–H and O–H groups in total. The van der Waals surface area contributed by atoms with Gasteiger partial charge in [-0.3, -0.25) is 10.1 Å². The van der Waals surface area contributed by atoms with Gasteiger partial charge in [0.1, 0.15) is 0 Å². The van der Waals surface area contributed by atoms with E-state index in [4.69, 9.17) is 4.74 Å². The van der Waals surface area contributed by atoms with Gasteiger partial charge in [0.05, 0.1) is 11.0 Å². The summed E-state index contributed by atoms with van der Waals surface area (Å²) in [5.41, 5.74) is 0.909. The van der Waals surface area contributed by atoms with Crippen molar-refractivity contribution in [3.8, 4) is 5.75 Å². The van der Waals surface area contributed by atoms with Gasteiger partial charge in [0.2, 0.25) is 0 Å². The smallest absolute Gasteiger partial charge is 0.311 e. The van der Waals surface area contributed by atoms with Crippen LogP contribution in [-0.2, 0) is 0 Å². The van der Waals surface area contributed by atoms with E-state index in [9.17, 15) is 10.1 Å². The molecule has 0 radical (unpaired) electrons. The van der Waals surface area contributed by atoms with Crippen LogP contribution < -0.4 is 10.1 Å². The van der Waals surface area contributed by atoms with Gasteiger partial charge in [-0.05, 0) is 44.3 Å². The van der Waals surface area contributed by atoms with Crippen molar-refractivity contribution in [3.05, 3.63) is 28.3 Å². The number of rotatable bonds is 5.